The van der Waals surface area contributed by atoms with Crippen LogP contribution < -0.4 is 5.32 Å². The summed E-state index contributed by atoms with van der Waals surface area (Å²) < 4.78 is 0.931. The van der Waals surface area contributed by atoms with Gasteiger partial charge in [0.1, 0.15) is 5.56 Å². The van der Waals surface area contributed by atoms with Crippen molar-refractivity contribution >= 4 is 45.0 Å². The molecule has 0 saturated heterocycles. The number of hydrogen-bond acceptors (Lipinski definition) is 4. The zero-order chi connectivity index (χ0) is 16.3. The number of nitro groups is 1. The Morgan fingerprint density at radius 2 is 2.00 bits per heavy atom. The van der Waals surface area contributed by atoms with E-state index < -0.39 is 10.8 Å². The second-order valence-corrected chi connectivity index (χ2v) is 6.29. The lowest BCUT2D eigenvalue weighted by Crippen LogP contribution is -2.14. The molecule has 0 unspecified atom stereocenters. The number of carbonyl (C=O) groups excluding carboxylic acids is 1. The number of thioether (sulfide) groups is 1. The molecule has 0 atom stereocenters. The van der Waals surface area contributed by atoms with Gasteiger partial charge in [-0.1, -0.05) is 15.9 Å². The van der Waals surface area contributed by atoms with E-state index in [9.17, 15) is 14.9 Å². The molecule has 2 aromatic rings. The van der Waals surface area contributed by atoms with Gasteiger partial charge in [-0.3, -0.25) is 14.9 Å². The van der Waals surface area contributed by atoms with Crippen LogP contribution in [0.15, 0.2) is 45.8 Å². The highest BCUT2D eigenvalue weighted by molar-refractivity contribution is 9.10. The highest BCUT2D eigenvalue weighted by Crippen LogP contribution is 2.26. The van der Waals surface area contributed by atoms with Gasteiger partial charge >= 0.3 is 0 Å². The number of aryl methyl sites for hydroxylation is 1. The lowest BCUT2D eigenvalue weighted by atomic mass is 10.1. The van der Waals surface area contributed by atoms with Gasteiger partial charge in [-0.15, -0.1) is 11.8 Å². The predicted octanol–water partition coefficient (Wildman–Crippen LogP) is 4.64. The Bertz CT molecular complexity index is 750. The van der Waals surface area contributed by atoms with Crippen LogP contribution in [-0.4, -0.2) is 17.1 Å². The Kier molecular flexibility index (Phi) is 5.20. The molecule has 0 spiro atoms. The molecule has 0 radical (unpaired) electrons. The zero-order valence-corrected chi connectivity index (χ0v) is 14.3. The van der Waals surface area contributed by atoms with Gasteiger partial charge in [-0.25, -0.2) is 0 Å². The number of nitro benzene ring substituents is 1. The normalized spacial score (nSPS) is 10.3. The average Bonchev–Trinajstić information content (AvgIpc) is 2.50. The van der Waals surface area contributed by atoms with E-state index in [0.717, 1.165) is 14.9 Å². The van der Waals surface area contributed by atoms with E-state index in [-0.39, 0.29) is 11.3 Å². The lowest BCUT2D eigenvalue weighted by Gasteiger charge is -2.08. The van der Waals surface area contributed by atoms with Crippen LogP contribution in [0.3, 0.4) is 0 Å². The first-order valence-electron chi connectivity index (χ1n) is 6.32. The summed E-state index contributed by atoms with van der Waals surface area (Å²) in [6.07, 6.45) is 1.85. The number of rotatable bonds is 4. The van der Waals surface area contributed by atoms with Crippen molar-refractivity contribution in [3.63, 3.8) is 0 Å². The van der Waals surface area contributed by atoms with Crippen LogP contribution in [0.1, 0.15) is 15.9 Å². The number of halogens is 1. The van der Waals surface area contributed by atoms with Crippen molar-refractivity contribution in [2.45, 2.75) is 11.8 Å². The minimum absolute atomic E-state index is 0.0532. The molecule has 1 N–H and O–H groups in total. The van der Waals surface area contributed by atoms with Crippen LogP contribution in [0.4, 0.5) is 11.4 Å². The summed E-state index contributed by atoms with van der Waals surface area (Å²) in [5.41, 5.74) is 1.40. The minimum Gasteiger partial charge on any atom is -0.322 e. The predicted molar refractivity (Wildman–Crippen MR) is 91.7 cm³/mol. The van der Waals surface area contributed by atoms with Crippen molar-refractivity contribution < 1.29 is 9.72 Å². The van der Waals surface area contributed by atoms with E-state index in [2.05, 4.69) is 21.2 Å². The third kappa shape index (κ3) is 3.66. The summed E-state index contributed by atoms with van der Waals surface area (Å²) in [6, 6.07) is 9.87. The maximum absolute atomic E-state index is 12.4. The van der Waals surface area contributed by atoms with Crippen LogP contribution >= 0.6 is 27.7 Å². The number of nitrogens with zero attached hydrogens (tertiary/aromatic N) is 1. The summed E-state index contributed by atoms with van der Waals surface area (Å²) in [6.45, 7) is 1.90. The van der Waals surface area contributed by atoms with Crippen LogP contribution in [0.25, 0.3) is 0 Å². The molecule has 2 aromatic carbocycles. The summed E-state index contributed by atoms with van der Waals surface area (Å²) >= 11 is 4.81. The topological polar surface area (TPSA) is 72.2 Å². The van der Waals surface area contributed by atoms with E-state index in [0.29, 0.717) is 5.69 Å². The third-order valence-corrected chi connectivity index (χ3v) is 4.68. The van der Waals surface area contributed by atoms with E-state index in [1.165, 1.54) is 23.9 Å². The molecule has 0 aliphatic rings. The SMILES string of the molecule is CSc1ccc([N+](=O)[O-])c(C(=O)Nc2ccc(Br)c(C)c2)c1. The summed E-state index contributed by atoms with van der Waals surface area (Å²) in [4.78, 5) is 23.7. The van der Waals surface area contributed by atoms with E-state index in [1.54, 1.807) is 18.2 Å². The number of anilines is 1. The number of benzene rings is 2. The Balaban J connectivity index is 2.35. The molecule has 0 aliphatic heterocycles. The maximum atomic E-state index is 12.4. The van der Waals surface area contributed by atoms with Gasteiger partial charge in [0.05, 0.1) is 4.92 Å². The molecule has 22 heavy (non-hydrogen) atoms. The lowest BCUT2D eigenvalue weighted by molar-refractivity contribution is -0.385. The Hall–Kier alpha value is -1.86. The first-order chi connectivity index (χ1) is 10.4. The molecule has 0 bridgehead atoms. The second kappa shape index (κ2) is 6.93. The third-order valence-electron chi connectivity index (χ3n) is 3.06. The molecule has 7 heteroatoms. The van der Waals surface area contributed by atoms with Crippen LogP contribution in [-0.2, 0) is 0 Å². The standard InChI is InChI=1S/C15H13BrN2O3S/c1-9-7-10(3-5-13(9)16)17-15(19)12-8-11(22-2)4-6-14(12)18(20)21/h3-8H,1-2H3,(H,17,19). The van der Waals surface area contributed by atoms with Crippen molar-refractivity contribution in [2.24, 2.45) is 0 Å². The van der Waals surface area contributed by atoms with Crippen molar-refractivity contribution in [3.8, 4) is 0 Å². The second-order valence-electron chi connectivity index (χ2n) is 4.56. The fraction of sp³-hybridized carbons (Fsp3) is 0.133. The monoisotopic (exact) mass is 380 g/mol. The van der Waals surface area contributed by atoms with Crippen LogP contribution in [0.2, 0.25) is 0 Å². The van der Waals surface area contributed by atoms with E-state index in [1.807, 2.05) is 19.2 Å². The van der Waals surface area contributed by atoms with Gasteiger partial charge < -0.3 is 5.32 Å². The van der Waals surface area contributed by atoms with Gasteiger partial charge in [0.25, 0.3) is 11.6 Å². The van der Waals surface area contributed by atoms with Gasteiger partial charge in [0.2, 0.25) is 0 Å². The minimum atomic E-state index is -0.550. The highest BCUT2D eigenvalue weighted by Gasteiger charge is 2.20. The number of nitrogens with one attached hydrogen (secondary N) is 1. The fourth-order valence-electron chi connectivity index (χ4n) is 1.90. The molecule has 0 aliphatic carbocycles. The molecule has 0 saturated carbocycles. The van der Waals surface area contributed by atoms with Gasteiger partial charge in [-0.2, -0.15) is 0 Å². The maximum Gasteiger partial charge on any atom is 0.282 e. The molecule has 1 amide bonds. The number of amides is 1. The number of carbonyl (C=O) groups is 1. The fourth-order valence-corrected chi connectivity index (χ4v) is 2.59. The van der Waals surface area contributed by atoms with Gasteiger partial charge in [-0.05, 0) is 49.1 Å². The van der Waals surface area contributed by atoms with E-state index >= 15 is 0 Å². The molecular formula is C15H13BrN2O3S. The Morgan fingerprint density at radius 3 is 2.59 bits per heavy atom. The van der Waals surface area contributed by atoms with Crippen molar-refractivity contribution in [1.82, 2.24) is 0 Å². The largest absolute Gasteiger partial charge is 0.322 e. The Morgan fingerprint density at radius 1 is 1.27 bits per heavy atom. The molecule has 114 valence electrons. The van der Waals surface area contributed by atoms with Gasteiger partial charge in [0.15, 0.2) is 0 Å². The van der Waals surface area contributed by atoms with E-state index in [4.69, 9.17) is 0 Å². The van der Waals surface area contributed by atoms with Crippen molar-refractivity contribution in [2.75, 3.05) is 11.6 Å². The molecule has 0 heterocycles. The first kappa shape index (κ1) is 16.5. The summed E-state index contributed by atoms with van der Waals surface area (Å²) in [5, 5.41) is 13.8. The zero-order valence-electron chi connectivity index (χ0n) is 11.9. The summed E-state index contributed by atoms with van der Waals surface area (Å²) in [7, 11) is 0. The molecule has 2 rings (SSSR count). The van der Waals surface area contributed by atoms with Crippen LogP contribution in [0, 0.1) is 17.0 Å². The Labute approximate surface area is 140 Å². The van der Waals surface area contributed by atoms with Gasteiger partial charge in [0, 0.05) is 21.1 Å². The molecule has 0 fully saturated rings. The van der Waals surface area contributed by atoms with Crippen molar-refractivity contribution in [1.29, 1.82) is 0 Å². The average molecular weight is 381 g/mol. The molecule has 5 nitrogen and oxygen atoms in total. The van der Waals surface area contributed by atoms with Crippen molar-refractivity contribution in [3.05, 3.63) is 62.1 Å². The smallest absolute Gasteiger partial charge is 0.282 e. The molecule has 0 aromatic heterocycles. The molecular weight excluding hydrogens is 368 g/mol. The first-order valence-corrected chi connectivity index (χ1v) is 8.34. The number of hydrogen-bond donors (Lipinski definition) is 1. The highest BCUT2D eigenvalue weighted by atomic mass is 79.9. The summed E-state index contributed by atoms with van der Waals surface area (Å²) in [5.74, 6) is -0.496. The van der Waals surface area contributed by atoms with Crippen LogP contribution in [0.5, 0.6) is 0 Å². The quantitative estimate of drug-likeness (QED) is 0.476.